The molecular weight excluding hydrogens is 482 g/mol. The summed E-state index contributed by atoms with van der Waals surface area (Å²) in [4.78, 5) is 14.8. The number of rotatable bonds is 7. The number of fused-ring (bicyclic) bond motifs is 2. The number of hydrogen-bond acceptors (Lipinski definition) is 6. The topological polar surface area (TPSA) is 84.2 Å². The summed E-state index contributed by atoms with van der Waals surface area (Å²) < 4.78 is 55.5. The van der Waals surface area contributed by atoms with Gasteiger partial charge in [-0.2, -0.15) is 8.78 Å². The Labute approximate surface area is 206 Å². The fourth-order valence-corrected chi connectivity index (χ4v) is 4.54. The third-order valence-electron chi connectivity index (χ3n) is 6.19. The minimum atomic E-state index is -4.06. The molecule has 1 unspecified atom stereocenters. The summed E-state index contributed by atoms with van der Waals surface area (Å²) >= 11 is 5.93. The van der Waals surface area contributed by atoms with Crippen LogP contribution in [-0.2, 0) is 10.7 Å². The van der Waals surface area contributed by atoms with E-state index in [-0.39, 0.29) is 17.7 Å². The van der Waals surface area contributed by atoms with Gasteiger partial charge in [-0.3, -0.25) is 4.79 Å². The van der Waals surface area contributed by atoms with Crippen LogP contribution in [0.4, 0.5) is 8.78 Å². The number of nitrogens with one attached hydrogen (secondary N) is 1. The highest BCUT2D eigenvalue weighted by Gasteiger charge is 2.46. The molecule has 2 aliphatic heterocycles. The van der Waals surface area contributed by atoms with Crippen molar-refractivity contribution in [1.82, 2.24) is 10.2 Å². The number of benzene rings is 2. The van der Waals surface area contributed by atoms with Crippen LogP contribution < -0.4 is 14.8 Å². The molecular formula is C25H25ClF2N2O5. The molecule has 3 aromatic rings. The fraction of sp³-hybridized carbons (Fsp3) is 0.400. The van der Waals surface area contributed by atoms with Gasteiger partial charge in [0, 0.05) is 17.0 Å². The average Bonchev–Trinajstić information content (AvgIpc) is 3.53. The lowest BCUT2D eigenvalue weighted by Crippen LogP contribution is -2.50. The van der Waals surface area contributed by atoms with Gasteiger partial charge in [0.15, 0.2) is 17.3 Å². The van der Waals surface area contributed by atoms with E-state index in [4.69, 9.17) is 26.9 Å². The normalized spacial score (nSPS) is 19.3. The minimum Gasteiger partial charge on any atom is -0.486 e. The van der Waals surface area contributed by atoms with Crippen LogP contribution in [-0.4, -0.2) is 54.8 Å². The lowest BCUT2D eigenvalue weighted by molar-refractivity contribution is -0.151. The predicted molar refractivity (Wildman–Crippen MR) is 125 cm³/mol. The Hall–Kier alpha value is -2.88. The second-order valence-corrected chi connectivity index (χ2v) is 9.08. The summed E-state index contributed by atoms with van der Waals surface area (Å²) in [5, 5.41) is 14.2. The molecule has 1 saturated heterocycles. The molecule has 0 spiro atoms. The van der Waals surface area contributed by atoms with Crippen LogP contribution in [0.5, 0.6) is 11.5 Å². The lowest BCUT2D eigenvalue weighted by Gasteiger charge is -2.30. The van der Waals surface area contributed by atoms with E-state index in [1.165, 1.54) is 30.3 Å². The molecule has 2 N–H and O–H groups in total. The Bertz CT molecular complexity index is 1280. The molecule has 3 heterocycles. The number of hydrogen-bond donors (Lipinski definition) is 2. The zero-order valence-corrected chi connectivity index (χ0v) is 19.5. The molecule has 2 atom stereocenters. The van der Waals surface area contributed by atoms with Crippen molar-refractivity contribution < 1.29 is 33.9 Å². The Kier molecular flexibility index (Phi) is 6.22. The van der Waals surface area contributed by atoms with E-state index in [0.717, 1.165) is 18.9 Å². The number of carbonyl (C=O) groups is 1. The molecule has 0 radical (unpaired) electrons. The fourth-order valence-electron chi connectivity index (χ4n) is 4.36. The van der Waals surface area contributed by atoms with Crippen molar-refractivity contribution in [1.29, 1.82) is 0 Å². The number of nitrogens with zero attached hydrogens (tertiary/aromatic N) is 1. The molecule has 5 rings (SSSR count). The van der Waals surface area contributed by atoms with Gasteiger partial charge < -0.3 is 29.2 Å². The minimum absolute atomic E-state index is 0.00595. The van der Waals surface area contributed by atoms with Crippen molar-refractivity contribution in [2.75, 3.05) is 32.8 Å². The standard InChI is InChI=1S/C25H25ClF2N2O5/c26-17-4-6-19-16(11-17)13-22(35-19)25(27,28)24(32)29-18(14-30-7-1-2-8-30)23(31)15-3-5-20-21(12-15)34-10-9-33-20/h3-6,11-13,18,23,31H,1-2,7-10,14H2,(H,29,32)/t18-,23?/m1/s1/i23D. The van der Waals surface area contributed by atoms with E-state index < -0.39 is 29.7 Å². The first-order chi connectivity index (χ1) is 17.1. The van der Waals surface area contributed by atoms with E-state index in [1.54, 1.807) is 6.07 Å². The Balaban J connectivity index is 1.43. The molecule has 2 aromatic carbocycles. The zero-order chi connectivity index (χ0) is 25.5. The van der Waals surface area contributed by atoms with E-state index in [1.807, 2.05) is 4.90 Å². The number of amides is 1. The molecule has 2 aliphatic rings. The third-order valence-corrected chi connectivity index (χ3v) is 6.42. The van der Waals surface area contributed by atoms with Crippen molar-refractivity contribution in [3.8, 4) is 11.5 Å². The maximum atomic E-state index is 15.2. The summed E-state index contributed by atoms with van der Waals surface area (Å²) in [6, 6.07) is 8.52. The van der Waals surface area contributed by atoms with E-state index in [9.17, 15) is 9.90 Å². The SMILES string of the molecule is [2H]C(O)(c1ccc2c(c1)OCCO2)[C@@H](CN1CCCC1)NC(=O)C(F)(F)c1cc2cc(Cl)ccc2o1. The summed E-state index contributed by atoms with van der Waals surface area (Å²) in [5.74, 6) is -5.80. The summed E-state index contributed by atoms with van der Waals surface area (Å²) in [6.45, 7) is 2.02. The van der Waals surface area contributed by atoms with Gasteiger partial charge in [-0.1, -0.05) is 17.7 Å². The third kappa shape index (κ3) is 4.94. The molecule has 1 amide bonds. The molecule has 1 aromatic heterocycles. The summed E-state index contributed by atoms with van der Waals surface area (Å²) in [6.07, 6.45) is -0.636. The van der Waals surface area contributed by atoms with E-state index in [2.05, 4.69) is 5.32 Å². The average molecular weight is 508 g/mol. The monoisotopic (exact) mass is 507 g/mol. The van der Waals surface area contributed by atoms with Gasteiger partial charge in [0.1, 0.15) is 24.9 Å². The lowest BCUT2D eigenvalue weighted by atomic mass is 10.0. The summed E-state index contributed by atoms with van der Waals surface area (Å²) in [7, 11) is 0. The van der Waals surface area contributed by atoms with Crippen LogP contribution in [0.2, 0.25) is 5.02 Å². The van der Waals surface area contributed by atoms with E-state index in [0.29, 0.717) is 48.2 Å². The number of furan rings is 1. The first kappa shape index (κ1) is 22.6. The molecule has 7 nitrogen and oxygen atoms in total. The maximum absolute atomic E-state index is 15.2. The summed E-state index contributed by atoms with van der Waals surface area (Å²) in [5.41, 5.74) is 0.238. The van der Waals surface area contributed by atoms with Crippen LogP contribution in [0.3, 0.4) is 0 Å². The number of alkyl halides is 2. The van der Waals surface area contributed by atoms with Crippen molar-refractivity contribution in [2.45, 2.75) is 30.9 Å². The second-order valence-electron chi connectivity index (χ2n) is 8.64. The Morgan fingerprint density at radius 3 is 2.66 bits per heavy atom. The second kappa shape index (κ2) is 9.64. The first-order valence-corrected chi connectivity index (χ1v) is 11.8. The van der Waals surface area contributed by atoms with Crippen LogP contribution in [0.25, 0.3) is 11.0 Å². The van der Waals surface area contributed by atoms with Gasteiger partial charge in [0.2, 0.25) is 0 Å². The van der Waals surface area contributed by atoms with Crippen molar-refractivity contribution in [3.63, 3.8) is 0 Å². The maximum Gasteiger partial charge on any atom is 0.380 e. The molecule has 0 bridgehead atoms. The largest absolute Gasteiger partial charge is 0.486 e. The van der Waals surface area contributed by atoms with Crippen molar-refractivity contribution in [3.05, 3.63) is 58.8 Å². The highest BCUT2D eigenvalue weighted by molar-refractivity contribution is 6.31. The number of aliphatic hydroxyl groups is 1. The number of ether oxygens (including phenoxy) is 2. The molecule has 0 aliphatic carbocycles. The zero-order valence-electron chi connectivity index (χ0n) is 19.7. The van der Waals surface area contributed by atoms with Gasteiger partial charge >= 0.3 is 5.92 Å². The smallest absolute Gasteiger partial charge is 0.380 e. The number of likely N-dealkylation sites (tertiary alicyclic amines) is 1. The molecule has 0 saturated carbocycles. The molecule has 35 heavy (non-hydrogen) atoms. The van der Waals surface area contributed by atoms with Crippen molar-refractivity contribution in [2.24, 2.45) is 0 Å². The number of carbonyl (C=O) groups excluding carboxylic acids is 1. The first-order valence-electron chi connectivity index (χ1n) is 11.9. The van der Waals surface area contributed by atoms with Gasteiger partial charge in [-0.05, 0) is 67.9 Å². The van der Waals surface area contributed by atoms with Gasteiger partial charge in [0.25, 0.3) is 5.91 Å². The Morgan fingerprint density at radius 1 is 1.14 bits per heavy atom. The highest BCUT2D eigenvalue weighted by atomic mass is 35.5. The van der Waals surface area contributed by atoms with Gasteiger partial charge in [-0.15, -0.1) is 0 Å². The molecule has 1 fully saturated rings. The quantitative estimate of drug-likeness (QED) is 0.497. The molecule has 186 valence electrons. The van der Waals surface area contributed by atoms with Crippen molar-refractivity contribution >= 4 is 28.5 Å². The molecule has 10 heteroatoms. The van der Waals surface area contributed by atoms with Crippen LogP contribution in [0.15, 0.2) is 46.9 Å². The highest BCUT2D eigenvalue weighted by Crippen LogP contribution is 2.36. The predicted octanol–water partition coefficient (Wildman–Crippen LogP) is 4.26. The number of halogens is 3. The van der Waals surface area contributed by atoms with Gasteiger partial charge in [0.05, 0.1) is 7.41 Å². The van der Waals surface area contributed by atoms with Crippen LogP contribution in [0.1, 0.15) is 31.6 Å². The van der Waals surface area contributed by atoms with E-state index >= 15 is 8.78 Å². The van der Waals surface area contributed by atoms with Crippen LogP contribution in [0, 0.1) is 0 Å². The van der Waals surface area contributed by atoms with Gasteiger partial charge in [-0.25, -0.2) is 0 Å². The van der Waals surface area contributed by atoms with Crippen LogP contribution >= 0.6 is 11.6 Å². The Morgan fingerprint density at radius 2 is 1.89 bits per heavy atom.